The number of carbonyl (C=O) groups is 2. The molecule has 1 aliphatic rings. The third kappa shape index (κ3) is 33.7. The summed E-state index contributed by atoms with van der Waals surface area (Å²) in [5.41, 5.74) is 0. The van der Waals surface area contributed by atoms with E-state index >= 15 is 0 Å². The maximum absolute atomic E-state index is 12.8. The monoisotopic (exact) mass is 949 g/mol. The van der Waals surface area contributed by atoms with Crippen LogP contribution >= 0.6 is 7.82 Å². The Morgan fingerprint density at radius 2 is 0.785 bits per heavy atom. The summed E-state index contributed by atoms with van der Waals surface area (Å²) in [4.78, 5) is 35.8. The average Bonchev–Trinajstić information content (AvgIpc) is 3.29. The molecule has 13 nitrogen and oxygen atoms in total. The van der Waals surface area contributed by atoms with Gasteiger partial charge in [0.1, 0.15) is 43.2 Å². The molecule has 6 unspecified atom stereocenters. The van der Waals surface area contributed by atoms with Crippen LogP contribution in [0.15, 0.2) is 12.2 Å². The first kappa shape index (κ1) is 61.6. The summed E-state index contributed by atoms with van der Waals surface area (Å²) >= 11 is 0. The summed E-state index contributed by atoms with van der Waals surface area (Å²) < 4.78 is 33.6. The fourth-order valence-corrected chi connectivity index (χ4v) is 9.32. The lowest BCUT2D eigenvalue weighted by Gasteiger charge is -2.41. The van der Waals surface area contributed by atoms with E-state index in [1.54, 1.807) is 0 Å². The zero-order chi connectivity index (χ0) is 47.8. The Bertz CT molecular complexity index is 1190. The zero-order valence-corrected chi connectivity index (χ0v) is 41.9. The summed E-state index contributed by atoms with van der Waals surface area (Å²) in [6.45, 7) is 3.30. The molecule has 0 radical (unpaired) electrons. The van der Waals surface area contributed by atoms with Gasteiger partial charge in [-0.15, -0.1) is 0 Å². The maximum Gasteiger partial charge on any atom is 0.472 e. The van der Waals surface area contributed by atoms with Crippen molar-refractivity contribution in [3.8, 4) is 0 Å². The van der Waals surface area contributed by atoms with E-state index in [0.29, 0.717) is 12.8 Å². The van der Waals surface area contributed by atoms with Gasteiger partial charge in [-0.05, 0) is 38.5 Å². The van der Waals surface area contributed by atoms with Gasteiger partial charge in [0.2, 0.25) is 0 Å². The van der Waals surface area contributed by atoms with Gasteiger partial charge >= 0.3 is 19.8 Å². The SMILES string of the molecule is CCCCC/C=C\CCCCCCCC(=O)OC(COC(=O)CCCCCCCCCCCCCCCCCCCCCCCCCC)COP(=O)(O)OC1C(O)C(O)C(O)C(O)C1O. The molecule has 65 heavy (non-hydrogen) atoms. The van der Waals surface area contributed by atoms with Crippen LogP contribution in [-0.2, 0) is 32.7 Å². The standard InChI is InChI=1S/C51H97O13P/c1-3-5-7-9-11-13-15-17-18-19-20-21-22-23-24-25-26-27-28-30-31-33-35-37-39-44(52)61-41-43(63-45(53)40-38-36-34-32-29-16-14-12-10-8-6-4-2)42-62-65(59,60)64-51-49(57)47(55)46(54)48(56)50(51)58/h12,14,43,46-51,54-58H,3-11,13,15-42H2,1-2H3,(H,59,60)/b14-12-. The van der Waals surface area contributed by atoms with Gasteiger partial charge in [-0.3, -0.25) is 18.6 Å². The lowest BCUT2D eigenvalue weighted by molar-refractivity contribution is -0.220. The summed E-state index contributed by atoms with van der Waals surface area (Å²) in [5, 5.41) is 50.2. The van der Waals surface area contributed by atoms with Crippen LogP contribution in [0.25, 0.3) is 0 Å². The maximum atomic E-state index is 12.8. The Labute approximate surface area is 394 Å². The largest absolute Gasteiger partial charge is 0.472 e. The van der Waals surface area contributed by atoms with E-state index in [9.17, 15) is 44.6 Å². The highest BCUT2D eigenvalue weighted by atomic mass is 31.2. The molecule has 6 N–H and O–H groups in total. The minimum absolute atomic E-state index is 0.0904. The first-order valence-electron chi connectivity index (χ1n) is 26.5. The van der Waals surface area contributed by atoms with E-state index in [1.165, 1.54) is 148 Å². The highest BCUT2D eigenvalue weighted by Crippen LogP contribution is 2.47. The predicted octanol–water partition coefficient (Wildman–Crippen LogP) is 11.4. The molecule has 1 fully saturated rings. The molecule has 0 amide bonds. The first-order valence-corrected chi connectivity index (χ1v) is 28.0. The second kappa shape index (κ2) is 41.6. The summed E-state index contributed by atoms with van der Waals surface area (Å²) in [6.07, 6.45) is 32.8. The van der Waals surface area contributed by atoms with Crippen LogP contribution in [0.3, 0.4) is 0 Å². The molecular formula is C51H97O13P. The quantitative estimate of drug-likeness (QED) is 0.0145. The molecule has 1 rings (SSSR count). The molecular weight excluding hydrogens is 852 g/mol. The molecule has 0 heterocycles. The molecule has 6 atom stereocenters. The fourth-order valence-electron chi connectivity index (χ4n) is 8.34. The van der Waals surface area contributed by atoms with Gasteiger partial charge in [0.25, 0.3) is 0 Å². The number of hydrogen-bond acceptors (Lipinski definition) is 12. The normalized spacial score (nSPS) is 21.4. The highest BCUT2D eigenvalue weighted by molar-refractivity contribution is 7.47. The van der Waals surface area contributed by atoms with Crippen LogP contribution in [-0.4, -0.2) is 98.3 Å². The summed E-state index contributed by atoms with van der Waals surface area (Å²) in [5.74, 6) is -1.10. The molecule has 384 valence electrons. The number of esters is 2. The second-order valence-corrected chi connectivity index (χ2v) is 20.1. The Kier molecular flexibility index (Phi) is 39.4. The van der Waals surface area contributed by atoms with Crippen molar-refractivity contribution in [3.63, 3.8) is 0 Å². The van der Waals surface area contributed by atoms with Crippen molar-refractivity contribution < 1.29 is 63.1 Å². The lowest BCUT2D eigenvalue weighted by Crippen LogP contribution is -2.64. The van der Waals surface area contributed by atoms with E-state index in [-0.39, 0.29) is 12.8 Å². The Morgan fingerprint density at radius 3 is 1.20 bits per heavy atom. The van der Waals surface area contributed by atoms with E-state index < -0.39 is 75.7 Å². The topological polar surface area (TPSA) is 210 Å². The number of allylic oxidation sites excluding steroid dienone is 2. The van der Waals surface area contributed by atoms with Crippen molar-refractivity contribution in [1.82, 2.24) is 0 Å². The number of phosphoric ester groups is 1. The molecule has 0 aromatic rings. The van der Waals surface area contributed by atoms with Gasteiger partial charge in [0.05, 0.1) is 6.61 Å². The number of phosphoric acid groups is 1. The lowest BCUT2D eigenvalue weighted by atomic mass is 9.85. The molecule has 0 bridgehead atoms. The van der Waals surface area contributed by atoms with Crippen molar-refractivity contribution in [2.45, 2.75) is 288 Å². The van der Waals surface area contributed by atoms with Crippen LogP contribution in [0.2, 0.25) is 0 Å². The molecule has 0 spiro atoms. The van der Waals surface area contributed by atoms with E-state index in [0.717, 1.165) is 57.8 Å². The van der Waals surface area contributed by atoms with Crippen LogP contribution in [0.4, 0.5) is 0 Å². The molecule has 0 aliphatic heterocycles. The molecule has 0 aromatic carbocycles. The third-order valence-electron chi connectivity index (χ3n) is 12.6. The molecule has 1 aliphatic carbocycles. The van der Waals surface area contributed by atoms with Crippen molar-refractivity contribution in [2.24, 2.45) is 0 Å². The van der Waals surface area contributed by atoms with Crippen LogP contribution in [0.1, 0.15) is 245 Å². The smallest absolute Gasteiger partial charge is 0.462 e. The number of carbonyl (C=O) groups excluding carboxylic acids is 2. The van der Waals surface area contributed by atoms with E-state index in [2.05, 4.69) is 26.0 Å². The van der Waals surface area contributed by atoms with E-state index in [1.807, 2.05) is 0 Å². The number of unbranched alkanes of at least 4 members (excludes halogenated alkanes) is 31. The third-order valence-corrected chi connectivity index (χ3v) is 13.6. The Balaban J connectivity index is 2.30. The Morgan fingerprint density at radius 1 is 0.462 bits per heavy atom. The number of ether oxygens (including phenoxy) is 2. The van der Waals surface area contributed by atoms with Crippen LogP contribution in [0.5, 0.6) is 0 Å². The summed E-state index contributed by atoms with van der Waals surface area (Å²) in [6, 6.07) is 0. The number of aliphatic hydroxyl groups is 5. The van der Waals surface area contributed by atoms with E-state index in [4.69, 9.17) is 18.5 Å². The van der Waals surface area contributed by atoms with Crippen molar-refractivity contribution >= 4 is 19.8 Å². The second-order valence-electron chi connectivity index (χ2n) is 18.7. The number of rotatable bonds is 45. The van der Waals surface area contributed by atoms with Crippen LogP contribution in [0, 0.1) is 0 Å². The molecule has 0 aromatic heterocycles. The molecule has 14 heteroatoms. The van der Waals surface area contributed by atoms with Crippen molar-refractivity contribution in [2.75, 3.05) is 13.2 Å². The van der Waals surface area contributed by atoms with Gasteiger partial charge < -0.3 is 39.9 Å². The van der Waals surface area contributed by atoms with Gasteiger partial charge in [0, 0.05) is 12.8 Å². The van der Waals surface area contributed by atoms with Crippen molar-refractivity contribution in [3.05, 3.63) is 12.2 Å². The van der Waals surface area contributed by atoms with Crippen molar-refractivity contribution in [1.29, 1.82) is 0 Å². The predicted molar refractivity (Wildman–Crippen MR) is 258 cm³/mol. The highest BCUT2D eigenvalue weighted by Gasteiger charge is 2.51. The Hall–Kier alpha value is -1.41. The zero-order valence-electron chi connectivity index (χ0n) is 41.1. The minimum Gasteiger partial charge on any atom is -0.462 e. The first-order chi connectivity index (χ1) is 31.4. The number of hydrogen-bond donors (Lipinski definition) is 6. The van der Waals surface area contributed by atoms with Gasteiger partial charge in [-0.25, -0.2) is 4.57 Å². The average molecular weight is 949 g/mol. The minimum atomic E-state index is -5.12. The van der Waals surface area contributed by atoms with Gasteiger partial charge in [0.15, 0.2) is 6.10 Å². The van der Waals surface area contributed by atoms with Gasteiger partial charge in [-0.1, -0.05) is 206 Å². The fraction of sp³-hybridized carbons (Fsp3) is 0.922. The van der Waals surface area contributed by atoms with Crippen LogP contribution < -0.4 is 0 Å². The molecule has 0 saturated heterocycles. The van der Waals surface area contributed by atoms with Gasteiger partial charge in [-0.2, -0.15) is 0 Å². The summed E-state index contributed by atoms with van der Waals surface area (Å²) in [7, 11) is -5.12. The molecule has 1 saturated carbocycles. The number of aliphatic hydroxyl groups excluding tert-OH is 5.